The van der Waals surface area contributed by atoms with Crippen LogP contribution in [-0.4, -0.2) is 27.7 Å². The smallest absolute Gasteiger partial charge is 0.237 e. The van der Waals surface area contributed by atoms with E-state index in [4.69, 9.17) is 5.26 Å². The molecular formula is C9H14N2O2S. The molecule has 0 bridgehead atoms. The van der Waals surface area contributed by atoms with Gasteiger partial charge in [-0.05, 0) is 19.8 Å². The minimum absolute atomic E-state index is 0.107. The Kier molecular flexibility index (Phi) is 4.08. The molecule has 1 fully saturated rings. The summed E-state index contributed by atoms with van der Waals surface area (Å²) >= 11 is 0. The maximum atomic E-state index is 11.3. The third-order valence-electron chi connectivity index (χ3n) is 2.32. The fourth-order valence-corrected chi connectivity index (χ4v) is 2.62. The summed E-state index contributed by atoms with van der Waals surface area (Å²) in [5.74, 6) is 0.505. The highest BCUT2D eigenvalue weighted by Crippen LogP contribution is 2.09. The first-order valence-electron chi connectivity index (χ1n) is 4.68. The van der Waals surface area contributed by atoms with Crippen molar-refractivity contribution in [2.45, 2.75) is 25.8 Å². The van der Waals surface area contributed by atoms with E-state index in [0.29, 0.717) is 11.5 Å². The number of hydrogen-bond donors (Lipinski definition) is 1. The number of amides is 1. The van der Waals surface area contributed by atoms with Gasteiger partial charge in [0.15, 0.2) is 0 Å². The maximum absolute atomic E-state index is 11.3. The van der Waals surface area contributed by atoms with Gasteiger partial charge >= 0.3 is 0 Å². The predicted octanol–water partition coefficient (Wildman–Crippen LogP) is 0.173. The Hall–Kier alpha value is -0.890. The molecule has 0 aromatic rings. The molecule has 1 amide bonds. The first-order valence-corrected chi connectivity index (χ1v) is 6.17. The Morgan fingerprint density at radius 3 is 2.64 bits per heavy atom. The summed E-state index contributed by atoms with van der Waals surface area (Å²) in [5, 5.41) is 11.3. The SMILES string of the molecule is CC(C#N)C(=O)NC1CCS(=O)CC1. The molecule has 78 valence electrons. The zero-order valence-electron chi connectivity index (χ0n) is 8.16. The molecule has 1 atom stereocenters. The number of rotatable bonds is 2. The predicted molar refractivity (Wildman–Crippen MR) is 53.8 cm³/mol. The quantitative estimate of drug-likeness (QED) is 0.712. The Balaban J connectivity index is 2.35. The molecule has 1 aliphatic rings. The van der Waals surface area contributed by atoms with Gasteiger partial charge in [0, 0.05) is 28.3 Å². The van der Waals surface area contributed by atoms with Crippen molar-refractivity contribution in [1.82, 2.24) is 5.32 Å². The second kappa shape index (κ2) is 5.11. The third-order valence-corrected chi connectivity index (χ3v) is 3.70. The molecule has 1 N–H and O–H groups in total. The molecule has 4 nitrogen and oxygen atoms in total. The van der Waals surface area contributed by atoms with E-state index in [-0.39, 0.29) is 11.9 Å². The van der Waals surface area contributed by atoms with Crippen LogP contribution >= 0.6 is 0 Å². The van der Waals surface area contributed by atoms with Gasteiger partial charge < -0.3 is 5.32 Å². The molecule has 0 aromatic heterocycles. The first kappa shape index (κ1) is 11.2. The average molecular weight is 214 g/mol. The van der Waals surface area contributed by atoms with Gasteiger partial charge in [0.1, 0.15) is 5.92 Å². The van der Waals surface area contributed by atoms with Crippen LogP contribution in [0.5, 0.6) is 0 Å². The monoisotopic (exact) mass is 214 g/mol. The Morgan fingerprint density at radius 1 is 1.57 bits per heavy atom. The van der Waals surface area contributed by atoms with Gasteiger partial charge in [-0.3, -0.25) is 9.00 Å². The van der Waals surface area contributed by atoms with Gasteiger partial charge in [-0.2, -0.15) is 5.26 Å². The highest BCUT2D eigenvalue weighted by atomic mass is 32.2. The van der Waals surface area contributed by atoms with Crippen molar-refractivity contribution in [2.24, 2.45) is 5.92 Å². The van der Waals surface area contributed by atoms with Gasteiger partial charge in [0.25, 0.3) is 0 Å². The van der Waals surface area contributed by atoms with Crippen LogP contribution in [-0.2, 0) is 15.6 Å². The molecule has 1 aliphatic heterocycles. The summed E-state index contributed by atoms with van der Waals surface area (Å²) in [7, 11) is -0.705. The number of hydrogen-bond acceptors (Lipinski definition) is 3. The van der Waals surface area contributed by atoms with E-state index in [2.05, 4.69) is 5.32 Å². The molecule has 14 heavy (non-hydrogen) atoms. The lowest BCUT2D eigenvalue weighted by molar-refractivity contribution is -0.123. The highest BCUT2D eigenvalue weighted by Gasteiger charge is 2.21. The lowest BCUT2D eigenvalue weighted by Crippen LogP contribution is -2.41. The van der Waals surface area contributed by atoms with Gasteiger partial charge in [-0.1, -0.05) is 0 Å². The lowest BCUT2D eigenvalue weighted by atomic mass is 10.1. The van der Waals surface area contributed by atoms with Crippen molar-refractivity contribution in [1.29, 1.82) is 5.26 Å². The first-order chi connectivity index (χ1) is 6.63. The number of nitrogens with one attached hydrogen (secondary N) is 1. The minimum atomic E-state index is -0.705. The zero-order valence-corrected chi connectivity index (χ0v) is 8.97. The summed E-state index contributed by atoms with van der Waals surface area (Å²) in [6.45, 7) is 1.58. The van der Waals surface area contributed by atoms with Crippen molar-refractivity contribution >= 4 is 16.7 Å². The van der Waals surface area contributed by atoms with Gasteiger partial charge in [-0.15, -0.1) is 0 Å². The molecule has 5 heteroatoms. The van der Waals surface area contributed by atoms with Crippen molar-refractivity contribution < 1.29 is 9.00 Å². The molecule has 0 spiro atoms. The topological polar surface area (TPSA) is 70.0 Å². The van der Waals surface area contributed by atoms with Crippen LogP contribution in [0.2, 0.25) is 0 Å². The molecular weight excluding hydrogens is 200 g/mol. The van der Waals surface area contributed by atoms with E-state index < -0.39 is 16.7 Å². The van der Waals surface area contributed by atoms with Crippen LogP contribution in [0.25, 0.3) is 0 Å². The van der Waals surface area contributed by atoms with Crippen LogP contribution < -0.4 is 5.32 Å². The van der Waals surface area contributed by atoms with Crippen molar-refractivity contribution in [3.63, 3.8) is 0 Å². The molecule has 1 rings (SSSR count). The van der Waals surface area contributed by atoms with Crippen LogP contribution in [0.1, 0.15) is 19.8 Å². The Labute approximate surface area is 86.1 Å². The van der Waals surface area contributed by atoms with E-state index in [1.165, 1.54) is 0 Å². The molecule has 0 radical (unpaired) electrons. The van der Waals surface area contributed by atoms with Crippen molar-refractivity contribution in [3.8, 4) is 6.07 Å². The number of carbonyl (C=O) groups is 1. The second-order valence-electron chi connectivity index (χ2n) is 3.48. The van der Waals surface area contributed by atoms with Crippen LogP contribution in [0.4, 0.5) is 0 Å². The molecule has 0 saturated carbocycles. The Morgan fingerprint density at radius 2 is 2.14 bits per heavy atom. The standard InChI is InChI=1S/C9H14N2O2S/c1-7(6-10)9(12)11-8-2-4-14(13)5-3-8/h7-8H,2-5H2,1H3,(H,11,12). The minimum Gasteiger partial charge on any atom is -0.352 e. The summed E-state index contributed by atoms with van der Waals surface area (Å²) < 4.78 is 11.0. The van der Waals surface area contributed by atoms with E-state index in [0.717, 1.165) is 12.8 Å². The number of nitriles is 1. The summed E-state index contributed by atoms with van der Waals surface area (Å²) in [6.07, 6.45) is 1.52. The summed E-state index contributed by atoms with van der Waals surface area (Å²) in [4.78, 5) is 11.3. The largest absolute Gasteiger partial charge is 0.352 e. The van der Waals surface area contributed by atoms with Gasteiger partial charge in [0.2, 0.25) is 5.91 Å². The lowest BCUT2D eigenvalue weighted by Gasteiger charge is -2.22. The molecule has 0 aromatic carbocycles. The third kappa shape index (κ3) is 3.11. The fourth-order valence-electron chi connectivity index (χ4n) is 1.32. The normalized spacial score (nSPS) is 28.9. The highest BCUT2D eigenvalue weighted by molar-refractivity contribution is 7.85. The summed E-state index contributed by atoms with van der Waals surface area (Å²) in [5.41, 5.74) is 0. The maximum Gasteiger partial charge on any atom is 0.237 e. The molecule has 1 saturated heterocycles. The van der Waals surface area contributed by atoms with Crippen molar-refractivity contribution in [2.75, 3.05) is 11.5 Å². The summed E-state index contributed by atoms with van der Waals surface area (Å²) in [6, 6.07) is 2.00. The second-order valence-corrected chi connectivity index (χ2v) is 5.18. The van der Waals surface area contributed by atoms with Gasteiger partial charge in [0.05, 0.1) is 6.07 Å². The van der Waals surface area contributed by atoms with E-state index >= 15 is 0 Å². The molecule has 0 aliphatic carbocycles. The zero-order chi connectivity index (χ0) is 10.6. The van der Waals surface area contributed by atoms with Gasteiger partial charge in [-0.25, -0.2) is 0 Å². The van der Waals surface area contributed by atoms with Crippen molar-refractivity contribution in [3.05, 3.63) is 0 Å². The Bertz CT molecular complexity index is 275. The number of carbonyl (C=O) groups excluding carboxylic acids is 1. The number of nitrogens with zero attached hydrogens (tertiary/aromatic N) is 1. The van der Waals surface area contributed by atoms with Crippen LogP contribution in [0, 0.1) is 17.2 Å². The van der Waals surface area contributed by atoms with E-state index in [1.54, 1.807) is 6.92 Å². The average Bonchev–Trinajstić information content (AvgIpc) is 2.20. The molecule has 1 heterocycles. The fraction of sp³-hybridized carbons (Fsp3) is 0.778. The van der Waals surface area contributed by atoms with Crippen LogP contribution in [0.3, 0.4) is 0 Å². The molecule has 1 unspecified atom stereocenters. The van der Waals surface area contributed by atoms with E-state index in [1.807, 2.05) is 6.07 Å². The van der Waals surface area contributed by atoms with Crippen LogP contribution in [0.15, 0.2) is 0 Å². The van der Waals surface area contributed by atoms with E-state index in [9.17, 15) is 9.00 Å².